The maximum absolute atomic E-state index is 12.9. The highest BCUT2D eigenvalue weighted by Gasteiger charge is 2.34. The molecule has 0 saturated heterocycles. The van der Waals surface area contributed by atoms with Gasteiger partial charge in [0.2, 0.25) is 0 Å². The monoisotopic (exact) mass is 396 g/mol. The number of para-hydroxylation sites is 1. The molecule has 1 aromatic carbocycles. The Bertz CT molecular complexity index is 965. The fourth-order valence-corrected chi connectivity index (χ4v) is 4.48. The van der Waals surface area contributed by atoms with Crippen molar-refractivity contribution in [2.45, 2.75) is 12.5 Å². The molecule has 0 fully saturated rings. The molecule has 27 heavy (non-hydrogen) atoms. The summed E-state index contributed by atoms with van der Waals surface area (Å²) in [6, 6.07) is 14.7. The van der Waals surface area contributed by atoms with Gasteiger partial charge in [-0.05, 0) is 35.0 Å². The Morgan fingerprint density at radius 2 is 1.96 bits per heavy atom. The maximum atomic E-state index is 12.9. The molecule has 4 rings (SSSR count). The van der Waals surface area contributed by atoms with Gasteiger partial charge in [-0.2, -0.15) is 5.10 Å². The maximum Gasteiger partial charge on any atom is 0.281 e. The molecule has 0 radical (unpaired) electrons. The zero-order chi connectivity index (χ0) is 18.6. The van der Waals surface area contributed by atoms with Crippen LogP contribution in [0.15, 0.2) is 64.4 Å². The third-order valence-corrected chi connectivity index (χ3v) is 6.13. The molecule has 3 aromatic rings. The van der Waals surface area contributed by atoms with E-state index in [4.69, 9.17) is 4.74 Å². The topological polar surface area (TPSA) is 59.0 Å². The molecule has 7 heteroatoms. The van der Waals surface area contributed by atoms with Crippen molar-refractivity contribution in [3.8, 4) is 5.75 Å². The Morgan fingerprint density at radius 1 is 1.15 bits per heavy atom. The number of ether oxygens (including phenoxy) is 1. The average molecular weight is 396 g/mol. The Kier molecular flexibility index (Phi) is 5.13. The molecule has 0 N–H and O–H groups in total. The van der Waals surface area contributed by atoms with Crippen LogP contribution in [0.5, 0.6) is 5.75 Å². The minimum atomic E-state index is -0.236. The first-order chi connectivity index (χ1) is 13.3. The Balaban J connectivity index is 1.54. The fourth-order valence-electron chi connectivity index (χ4n) is 2.95. The Hall–Kier alpha value is -2.77. The van der Waals surface area contributed by atoms with Crippen LogP contribution in [-0.2, 0) is 4.79 Å². The van der Waals surface area contributed by atoms with Crippen molar-refractivity contribution in [3.05, 3.63) is 74.6 Å². The van der Waals surface area contributed by atoms with E-state index in [1.807, 2.05) is 35.0 Å². The highest BCUT2D eigenvalue weighted by atomic mass is 32.1. The third kappa shape index (κ3) is 3.70. The summed E-state index contributed by atoms with van der Waals surface area (Å²) in [6.45, 7) is -0.173. The molecule has 0 aliphatic carbocycles. The first kappa shape index (κ1) is 17.6. The van der Waals surface area contributed by atoms with Gasteiger partial charge in [-0.3, -0.25) is 9.59 Å². The summed E-state index contributed by atoms with van der Waals surface area (Å²) >= 11 is 3.22. The van der Waals surface area contributed by atoms with Crippen LogP contribution in [0.4, 0.5) is 0 Å². The van der Waals surface area contributed by atoms with Crippen molar-refractivity contribution in [1.82, 2.24) is 5.01 Å². The van der Waals surface area contributed by atoms with E-state index in [2.05, 4.69) is 5.10 Å². The number of amides is 1. The lowest BCUT2D eigenvalue weighted by Gasteiger charge is -2.20. The van der Waals surface area contributed by atoms with Crippen molar-refractivity contribution in [2.75, 3.05) is 6.61 Å². The van der Waals surface area contributed by atoms with E-state index in [-0.39, 0.29) is 18.6 Å². The van der Waals surface area contributed by atoms with Gasteiger partial charge in [-0.1, -0.05) is 24.3 Å². The van der Waals surface area contributed by atoms with E-state index in [1.54, 1.807) is 46.9 Å². The lowest BCUT2D eigenvalue weighted by atomic mass is 10.1. The average Bonchev–Trinajstić information content (AvgIpc) is 3.46. The van der Waals surface area contributed by atoms with Gasteiger partial charge in [0.25, 0.3) is 5.91 Å². The van der Waals surface area contributed by atoms with Gasteiger partial charge in [-0.15, -0.1) is 22.7 Å². The van der Waals surface area contributed by atoms with E-state index in [0.717, 1.165) is 21.8 Å². The van der Waals surface area contributed by atoms with Crippen molar-refractivity contribution in [2.24, 2.45) is 5.10 Å². The second-order valence-corrected chi connectivity index (χ2v) is 7.87. The van der Waals surface area contributed by atoms with Crippen LogP contribution >= 0.6 is 22.7 Å². The number of carbonyl (C=O) groups is 2. The van der Waals surface area contributed by atoms with Gasteiger partial charge in [-0.25, -0.2) is 5.01 Å². The van der Waals surface area contributed by atoms with Crippen LogP contribution in [-0.4, -0.2) is 29.5 Å². The molecule has 3 heterocycles. The summed E-state index contributed by atoms with van der Waals surface area (Å²) in [7, 11) is 0. The van der Waals surface area contributed by atoms with Crippen LogP contribution in [0.25, 0.3) is 0 Å². The first-order valence-corrected chi connectivity index (χ1v) is 10.2. The summed E-state index contributed by atoms with van der Waals surface area (Å²) in [4.78, 5) is 26.1. The first-order valence-electron chi connectivity index (χ1n) is 8.40. The minimum absolute atomic E-state index is 0.125. The van der Waals surface area contributed by atoms with E-state index >= 15 is 0 Å². The Morgan fingerprint density at radius 3 is 2.70 bits per heavy atom. The molecule has 0 spiro atoms. The largest absolute Gasteiger partial charge is 0.483 e. The zero-order valence-corrected chi connectivity index (χ0v) is 15.9. The Labute approximate surface area is 164 Å². The second kappa shape index (κ2) is 7.85. The SMILES string of the molecule is O=Cc1ccccc1OCC(=O)N1N=C(c2cccs2)C[C@@H]1c1cccs1. The van der Waals surface area contributed by atoms with E-state index < -0.39 is 0 Å². The molecule has 1 aliphatic rings. The highest BCUT2D eigenvalue weighted by molar-refractivity contribution is 7.12. The van der Waals surface area contributed by atoms with Crippen LogP contribution in [0.1, 0.15) is 32.6 Å². The van der Waals surface area contributed by atoms with Gasteiger partial charge in [0.05, 0.1) is 22.2 Å². The molecule has 2 aromatic heterocycles. The van der Waals surface area contributed by atoms with Crippen LogP contribution < -0.4 is 4.74 Å². The molecule has 0 saturated carbocycles. The number of hydrogen-bond acceptors (Lipinski definition) is 6. The predicted octanol–water partition coefficient (Wildman–Crippen LogP) is 4.38. The molecule has 1 atom stereocenters. The van der Waals surface area contributed by atoms with Gasteiger partial charge >= 0.3 is 0 Å². The smallest absolute Gasteiger partial charge is 0.281 e. The number of hydrazone groups is 1. The molecule has 1 aliphatic heterocycles. The zero-order valence-electron chi connectivity index (χ0n) is 14.3. The van der Waals surface area contributed by atoms with Crippen LogP contribution in [0.2, 0.25) is 0 Å². The summed E-state index contributed by atoms with van der Waals surface area (Å²) in [5, 5.41) is 10.1. The summed E-state index contributed by atoms with van der Waals surface area (Å²) in [5.41, 5.74) is 1.33. The molecule has 0 bridgehead atoms. The number of benzene rings is 1. The van der Waals surface area contributed by atoms with Crippen LogP contribution in [0, 0.1) is 0 Å². The highest BCUT2D eigenvalue weighted by Crippen LogP contribution is 2.36. The third-order valence-electron chi connectivity index (χ3n) is 4.24. The van der Waals surface area contributed by atoms with E-state index in [1.165, 1.54) is 5.01 Å². The van der Waals surface area contributed by atoms with Gasteiger partial charge in [0.1, 0.15) is 5.75 Å². The number of aldehydes is 1. The summed E-state index contributed by atoms with van der Waals surface area (Å²) in [5.74, 6) is 0.163. The lowest BCUT2D eigenvalue weighted by Crippen LogP contribution is -2.31. The van der Waals surface area contributed by atoms with Gasteiger partial charge in [0.15, 0.2) is 12.9 Å². The predicted molar refractivity (Wildman–Crippen MR) is 107 cm³/mol. The lowest BCUT2D eigenvalue weighted by molar-refractivity contribution is -0.135. The normalized spacial score (nSPS) is 16.2. The molecule has 136 valence electrons. The minimum Gasteiger partial charge on any atom is -0.483 e. The molecule has 1 amide bonds. The number of thiophene rings is 2. The van der Waals surface area contributed by atoms with Crippen molar-refractivity contribution in [1.29, 1.82) is 0 Å². The number of hydrogen-bond donors (Lipinski definition) is 0. The fraction of sp³-hybridized carbons (Fsp3) is 0.150. The van der Waals surface area contributed by atoms with Crippen molar-refractivity contribution >= 4 is 40.6 Å². The number of rotatable bonds is 6. The second-order valence-electron chi connectivity index (χ2n) is 5.94. The van der Waals surface area contributed by atoms with E-state index in [9.17, 15) is 9.59 Å². The summed E-state index contributed by atoms with van der Waals surface area (Å²) in [6.07, 6.45) is 1.40. The summed E-state index contributed by atoms with van der Waals surface area (Å²) < 4.78 is 5.61. The van der Waals surface area contributed by atoms with Crippen LogP contribution in [0.3, 0.4) is 0 Å². The van der Waals surface area contributed by atoms with Gasteiger partial charge in [0, 0.05) is 11.3 Å². The molecular weight excluding hydrogens is 380 g/mol. The quantitative estimate of drug-likeness (QED) is 0.581. The number of nitrogens with zero attached hydrogens (tertiary/aromatic N) is 2. The van der Waals surface area contributed by atoms with Crippen molar-refractivity contribution < 1.29 is 14.3 Å². The standard InChI is InChI=1S/C20H16N2O3S2/c23-12-14-5-1-2-6-17(14)25-13-20(24)22-16(19-8-4-10-27-19)11-15(21-22)18-7-3-9-26-18/h1-10,12,16H,11,13H2/t16-/m1/s1. The molecular formula is C20H16N2O3S2. The van der Waals surface area contributed by atoms with Gasteiger partial charge < -0.3 is 4.74 Å². The number of carbonyl (C=O) groups excluding carboxylic acids is 2. The molecule has 5 nitrogen and oxygen atoms in total. The van der Waals surface area contributed by atoms with Crippen molar-refractivity contribution in [3.63, 3.8) is 0 Å². The molecule has 0 unspecified atom stereocenters. The van der Waals surface area contributed by atoms with E-state index in [0.29, 0.717) is 17.7 Å².